The second-order valence-corrected chi connectivity index (χ2v) is 5.17. The van der Waals surface area contributed by atoms with Crippen LogP contribution in [0, 0.1) is 0 Å². The molecule has 0 aromatic rings. The van der Waals surface area contributed by atoms with E-state index in [0.29, 0.717) is 0 Å². The van der Waals surface area contributed by atoms with Gasteiger partial charge in [0.15, 0.2) is 0 Å². The van der Waals surface area contributed by atoms with Crippen molar-refractivity contribution in [1.82, 2.24) is 0 Å². The normalized spacial score (nSPS) is 17.2. The van der Waals surface area contributed by atoms with Gasteiger partial charge in [-0.1, -0.05) is 0 Å². The van der Waals surface area contributed by atoms with Crippen molar-refractivity contribution in [2.45, 2.75) is 12.8 Å². The molecule has 2 aliphatic rings. The second-order valence-electron chi connectivity index (χ2n) is 2.77. The molecule has 2 aliphatic carbocycles. The van der Waals surface area contributed by atoms with Crippen LogP contribution in [0.1, 0.15) is 12.8 Å². The summed E-state index contributed by atoms with van der Waals surface area (Å²) in [6, 6.07) is 0. The molecule has 0 atom stereocenters. The first kappa shape index (κ1) is 14.1. The molecule has 0 aromatic carbocycles. The summed E-state index contributed by atoms with van der Waals surface area (Å²) in [5.41, 5.74) is 0. The average Bonchev–Trinajstić information content (AvgIpc) is 2.60. The van der Waals surface area contributed by atoms with Gasteiger partial charge in [-0.05, 0) is 0 Å². The van der Waals surface area contributed by atoms with Crippen LogP contribution in [0.15, 0.2) is 44.2 Å². The molecule has 0 bridgehead atoms. The van der Waals surface area contributed by atoms with Gasteiger partial charge >= 0.3 is 76.2 Å². The van der Waals surface area contributed by atoms with Gasteiger partial charge in [-0.15, -0.1) is 48.0 Å². The predicted octanol–water partition coefficient (Wildman–Crippen LogP) is 3.99. The first-order valence-corrected chi connectivity index (χ1v) is 5.50. The third-order valence-corrected chi connectivity index (χ3v) is 4.02. The van der Waals surface area contributed by atoms with Crippen LogP contribution in [0.3, 0.4) is 0 Å². The molecular weight excluding hydrogens is 422 g/mol. The Morgan fingerprint density at radius 2 is 1.31 bits per heavy atom. The van der Waals surface area contributed by atoms with E-state index in [9.17, 15) is 0 Å². The number of allylic oxidation sites excluding steroid dienone is 8. The molecule has 13 heavy (non-hydrogen) atoms. The summed E-state index contributed by atoms with van der Waals surface area (Å²) in [5, 5.41) is 0. The van der Waals surface area contributed by atoms with Gasteiger partial charge in [-0.2, -0.15) is 0 Å². The Morgan fingerprint density at radius 3 is 1.62 bits per heavy atom. The number of hydrogen-bond acceptors (Lipinski definition) is 0. The molecule has 0 fully saturated rings. The largest absolute Gasteiger partial charge is 0.107 e. The molecule has 2 rings (SSSR count). The Kier molecular flexibility index (Phi) is 8.08. The third-order valence-electron chi connectivity index (χ3n) is 1.86. The maximum atomic E-state index is 2.29. The fourth-order valence-corrected chi connectivity index (χ4v) is 3.18. The van der Waals surface area contributed by atoms with Crippen molar-refractivity contribution in [2.24, 2.45) is 0 Å². The van der Waals surface area contributed by atoms with Crippen LogP contribution in [-0.4, -0.2) is 0 Å². The standard InChI is InChI=1S/2C5H5.2HI.Ti/c2*1-2-4-5-3-1;;;/h2*1-3H,4H2;2*1H;. The van der Waals surface area contributed by atoms with Gasteiger partial charge in [0.25, 0.3) is 0 Å². The molecule has 0 heterocycles. The summed E-state index contributed by atoms with van der Waals surface area (Å²) in [5.74, 6) is 0. The molecule has 3 heteroatoms. The van der Waals surface area contributed by atoms with Gasteiger partial charge in [0.2, 0.25) is 0 Å². The zero-order valence-electron chi connectivity index (χ0n) is 7.19. The summed E-state index contributed by atoms with van der Waals surface area (Å²) in [6.07, 6.45) is 15.9. The van der Waals surface area contributed by atoms with E-state index in [0.717, 1.165) is 0 Å². The molecule has 0 N–H and O–H groups in total. The van der Waals surface area contributed by atoms with E-state index in [1.165, 1.54) is 12.8 Å². The van der Waals surface area contributed by atoms with E-state index < -0.39 is 0 Å². The zero-order chi connectivity index (χ0) is 7.52. The van der Waals surface area contributed by atoms with Crippen LogP contribution in [0.4, 0.5) is 0 Å². The molecule has 0 amide bonds. The maximum absolute atomic E-state index is 2.29. The smallest absolute Gasteiger partial charge is 0.107 e. The van der Waals surface area contributed by atoms with Gasteiger partial charge in [-0.3, -0.25) is 0 Å². The van der Waals surface area contributed by atoms with Crippen molar-refractivity contribution >= 4 is 48.0 Å². The predicted molar refractivity (Wildman–Crippen MR) is 74.5 cm³/mol. The summed E-state index contributed by atoms with van der Waals surface area (Å²) in [7, 11) is 0. The van der Waals surface area contributed by atoms with E-state index in [4.69, 9.17) is 0 Å². The maximum Gasteiger partial charge on any atom is -0.107 e. The molecule has 70 valence electrons. The number of halogens is 2. The van der Waals surface area contributed by atoms with E-state index in [1.54, 1.807) is 7.76 Å². The fourth-order valence-electron chi connectivity index (χ4n) is 1.29. The Morgan fingerprint density at radius 1 is 0.846 bits per heavy atom. The molecule has 0 saturated carbocycles. The Labute approximate surface area is 123 Å². The minimum absolute atomic E-state index is 0. The van der Waals surface area contributed by atoms with Crippen molar-refractivity contribution in [3.05, 3.63) is 44.2 Å². The van der Waals surface area contributed by atoms with E-state index >= 15 is 0 Å². The summed E-state index contributed by atoms with van der Waals surface area (Å²) in [4.78, 5) is 0. The van der Waals surface area contributed by atoms with Gasteiger partial charge in [0.1, 0.15) is 0 Å². The first-order chi connectivity index (χ1) is 5.45. The van der Waals surface area contributed by atoms with E-state index in [-0.39, 0.29) is 67.1 Å². The van der Waals surface area contributed by atoms with Crippen LogP contribution >= 0.6 is 48.0 Å². The quantitative estimate of drug-likeness (QED) is 0.456. The van der Waals surface area contributed by atoms with Crippen LogP contribution in [0.2, 0.25) is 0 Å². The van der Waals surface area contributed by atoms with E-state index in [2.05, 4.69) is 36.5 Å². The average molecular weight is 434 g/mol. The molecule has 0 unspecified atom stereocenters. The first-order valence-electron chi connectivity index (χ1n) is 3.93. The number of hydrogen-bond donors (Lipinski definition) is 0. The van der Waals surface area contributed by atoms with Crippen LogP contribution in [0.5, 0.6) is 0 Å². The van der Waals surface area contributed by atoms with Gasteiger partial charge < -0.3 is 0 Å². The second kappa shape index (κ2) is 7.43. The molecule has 0 spiro atoms. The van der Waals surface area contributed by atoms with Crippen molar-refractivity contribution in [3.8, 4) is 0 Å². The molecule has 0 aromatic heterocycles. The van der Waals surface area contributed by atoms with Crippen molar-refractivity contribution in [2.75, 3.05) is 0 Å². The third kappa shape index (κ3) is 4.45. The van der Waals surface area contributed by atoms with Gasteiger partial charge in [-0.25, -0.2) is 0 Å². The van der Waals surface area contributed by atoms with Crippen LogP contribution in [-0.2, 0) is 19.2 Å². The minimum Gasteiger partial charge on any atom is -0.107 e. The van der Waals surface area contributed by atoms with Crippen LogP contribution in [0.25, 0.3) is 0 Å². The van der Waals surface area contributed by atoms with Gasteiger partial charge in [0.05, 0.1) is 0 Å². The van der Waals surface area contributed by atoms with Gasteiger partial charge in [0, 0.05) is 0 Å². The van der Waals surface area contributed by atoms with E-state index in [1.807, 2.05) is 0 Å². The molecule has 0 aliphatic heterocycles. The summed E-state index contributed by atoms with van der Waals surface area (Å²) >= 11 is 0.0833. The van der Waals surface area contributed by atoms with Crippen molar-refractivity contribution < 1.29 is 19.2 Å². The molecule has 0 saturated heterocycles. The Bertz CT molecular complexity index is 247. The fraction of sp³-hybridized carbons (Fsp3) is 0.200. The Balaban J connectivity index is 0.000000720. The van der Waals surface area contributed by atoms with Crippen molar-refractivity contribution in [1.29, 1.82) is 0 Å². The Hall–Kier alpha value is 1.13. The van der Waals surface area contributed by atoms with Crippen LogP contribution < -0.4 is 0 Å². The molecular formula is C10H12I2Ti. The zero-order valence-corrected chi connectivity index (χ0v) is 13.4. The molecule has 0 radical (unpaired) electrons. The monoisotopic (exact) mass is 434 g/mol. The molecule has 0 nitrogen and oxygen atoms in total. The summed E-state index contributed by atoms with van der Waals surface area (Å²) in [6.45, 7) is 0. The summed E-state index contributed by atoms with van der Waals surface area (Å²) < 4.78 is 3.36. The number of rotatable bonds is 2. The SMILES string of the molecule is C1=CC[C]([Ti][C]2=CC=CC2)=C1.I.I. The van der Waals surface area contributed by atoms with Crippen molar-refractivity contribution in [3.63, 3.8) is 0 Å². The minimum atomic E-state index is 0. The topological polar surface area (TPSA) is 0 Å².